The van der Waals surface area contributed by atoms with Crippen LogP contribution in [0.25, 0.3) is 0 Å². The van der Waals surface area contributed by atoms with Crippen LogP contribution in [0.3, 0.4) is 0 Å². The average Bonchev–Trinajstić information content (AvgIpc) is 1.63. The highest BCUT2D eigenvalue weighted by Gasteiger charge is 1.79. The Morgan fingerprint density at radius 3 is 2.33 bits per heavy atom. The lowest BCUT2D eigenvalue weighted by molar-refractivity contribution is 1.32. The Morgan fingerprint density at radius 2 is 2.00 bits per heavy atom. The van der Waals surface area contributed by atoms with Crippen molar-refractivity contribution in [3.63, 3.8) is 0 Å². The van der Waals surface area contributed by atoms with Crippen molar-refractivity contribution in [1.29, 1.82) is 0 Å². The van der Waals surface area contributed by atoms with E-state index in [0.717, 1.165) is 11.4 Å². The predicted octanol–water partition coefficient (Wildman–Crippen LogP) is 2.56. The van der Waals surface area contributed by atoms with Crippen molar-refractivity contribution < 1.29 is 0 Å². The van der Waals surface area contributed by atoms with Gasteiger partial charge >= 0.3 is 0 Å². The molecular weight excluding hydrogens is 110 g/mol. The topological polar surface area (TPSA) is 12.4 Å². The molecule has 0 atom stereocenters. The molecule has 0 unspecified atom stereocenters. The van der Waals surface area contributed by atoms with Crippen molar-refractivity contribution in [3.05, 3.63) is 24.4 Å². The van der Waals surface area contributed by atoms with Gasteiger partial charge in [-0.2, -0.15) is 0 Å². The Bertz CT molecular complexity index is 152. The summed E-state index contributed by atoms with van der Waals surface area (Å²) in [6.07, 6.45) is 3.91. The SMILES string of the molecule is C=C(C)N=C(C)/C=C\C. The van der Waals surface area contributed by atoms with Crippen LogP contribution in [-0.4, -0.2) is 5.71 Å². The van der Waals surface area contributed by atoms with Gasteiger partial charge in [0.2, 0.25) is 0 Å². The average molecular weight is 123 g/mol. The first-order valence-corrected chi connectivity index (χ1v) is 3.00. The van der Waals surface area contributed by atoms with Gasteiger partial charge in [-0.05, 0) is 26.8 Å². The first-order chi connectivity index (χ1) is 4.16. The number of hydrogen-bond acceptors (Lipinski definition) is 1. The number of aliphatic imine (C=N–C) groups is 1. The van der Waals surface area contributed by atoms with Crippen LogP contribution >= 0.6 is 0 Å². The molecule has 0 aliphatic heterocycles. The van der Waals surface area contributed by atoms with Gasteiger partial charge in [0.25, 0.3) is 0 Å². The van der Waals surface area contributed by atoms with E-state index in [1.807, 2.05) is 32.9 Å². The highest BCUT2D eigenvalue weighted by atomic mass is 14.7. The summed E-state index contributed by atoms with van der Waals surface area (Å²) in [4.78, 5) is 4.10. The van der Waals surface area contributed by atoms with Crippen LogP contribution in [0.4, 0.5) is 0 Å². The van der Waals surface area contributed by atoms with Gasteiger partial charge < -0.3 is 0 Å². The number of hydrogen-bond donors (Lipinski definition) is 0. The molecule has 0 aromatic carbocycles. The second-order valence-electron chi connectivity index (χ2n) is 1.99. The summed E-state index contributed by atoms with van der Waals surface area (Å²) in [7, 11) is 0. The zero-order valence-corrected chi connectivity index (χ0v) is 6.31. The molecule has 1 heteroatoms. The number of rotatable bonds is 2. The summed E-state index contributed by atoms with van der Waals surface area (Å²) >= 11 is 0. The molecule has 0 radical (unpaired) electrons. The van der Waals surface area contributed by atoms with Gasteiger partial charge in [0, 0.05) is 11.4 Å². The zero-order chi connectivity index (χ0) is 7.28. The smallest absolute Gasteiger partial charge is 0.0372 e. The normalized spacial score (nSPS) is 12.6. The van der Waals surface area contributed by atoms with E-state index < -0.39 is 0 Å². The summed E-state index contributed by atoms with van der Waals surface area (Å²) in [5.74, 6) is 0. The summed E-state index contributed by atoms with van der Waals surface area (Å²) in [5, 5.41) is 0. The fourth-order valence-electron chi connectivity index (χ4n) is 0.580. The van der Waals surface area contributed by atoms with E-state index >= 15 is 0 Å². The molecule has 0 fully saturated rings. The van der Waals surface area contributed by atoms with Gasteiger partial charge in [-0.25, -0.2) is 0 Å². The lowest BCUT2D eigenvalue weighted by atomic mass is 10.4. The fourth-order valence-corrected chi connectivity index (χ4v) is 0.580. The van der Waals surface area contributed by atoms with E-state index in [2.05, 4.69) is 11.6 Å². The first-order valence-electron chi connectivity index (χ1n) is 3.00. The van der Waals surface area contributed by atoms with Crippen LogP contribution in [0.5, 0.6) is 0 Å². The van der Waals surface area contributed by atoms with E-state index in [1.54, 1.807) is 0 Å². The summed E-state index contributed by atoms with van der Waals surface area (Å²) in [5.41, 5.74) is 1.86. The highest BCUT2D eigenvalue weighted by Crippen LogP contribution is 1.90. The van der Waals surface area contributed by atoms with Crippen LogP contribution in [0.1, 0.15) is 20.8 Å². The second-order valence-corrected chi connectivity index (χ2v) is 1.99. The largest absolute Gasteiger partial charge is 0.259 e. The van der Waals surface area contributed by atoms with Crippen molar-refractivity contribution in [2.75, 3.05) is 0 Å². The van der Waals surface area contributed by atoms with Crippen LogP contribution in [0.2, 0.25) is 0 Å². The third-order valence-corrected chi connectivity index (χ3v) is 0.775. The van der Waals surface area contributed by atoms with E-state index in [1.165, 1.54) is 0 Å². The van der Waals surface area contributed by atoms with Crippen LogP contribution < -0.4 is 0 Å². The summed E-state index contributed by atoms with van der Waals surface area (Å²) < 4.78 is 0. The fraction of sp³-hybridized carbons (Fsp3) is 0.375. The van der Waals surface area contributed by atoms with Gasteiger partial charge in [0.15, 0.2) is 0 Å². The van der Waals surface area contributed by atoms with Gasteiger partial charge in [-0.3, -0.25) is 4.99 Å². The number of allylic oxidation sites excluding steroid dienone is 3. The standard InChI is InChI=1S/C8H13N/c1-5-6-8(4)9-7(2)3/h5-6H,2H2,1,3-4H3/b6-5-,9-8?. The van der Waals surface area contributed by atoms with Crippen LogP contribution in [-0.2, 0) is 0 Å². The maximum Gasteiger partial charge on any atom is 0.0372 e. The molecular formula is C8H13N. The Labute approximate surface area is 56.8 Å². The van der Waals surface area contributed by atoms with Crippen molar-refractivity contribution in [2.45, 2.75) is 20.8 Å². The maximum absolute atomic E-state index is 4.10. The Morgan fingerprint density at radius 1 is 1.44 bits per heavy atom. The van der Waals surface area contributed by atoms with E-state index in [4.69, 9.17) is 0 Å². The predicted molar refractivity (Wildman–Crippen MR) is 42.7 cm³/mol. The van der Waals surface area contributed by atoms with E-state index in [-0.39, 0.29) is 0 Å². The molecule has 0 saturated heterocycles. The van der Waals surface area contributed by atoms with Gasteiger partial charge in [-0.15, -0.1) is 0 Å². The van der Waals surface area contributed by atoms with E-state index in [9.17, 15) is 0 Å². The van der Waals surface area contributed by atoms with Crippen molar-refractivity contribution in [2.24, 2.45) is 4.99 Å². The van der Waals surface area contributed by atoms with Crippen molar-refractivity contribution in [1.82, 2.24) is 0 Å². The molecule has 9 heavy (non-hydrogen) atoms. The number of nitrogens with zero attached hydrogens (tertiary/aromatic N) is 1. The highest BCUT2D eigenvalue weighted by molar-refractivity contribution is 5.93. The first kappa shape index (κ1) is 8.15. The van der Waals surface area contributed by atoms with Gasteiger partial charge in [0.1, 0.15) is 0 Å². The molecule has 0 aliphatic carbocycles. The summed E-state index contributed by atoms with van der Waals surface area (Å²) in [6, 6.07) is 0. The van der Waals surface area contributed by atoms with Crippen molar-refractivity contribution >= 4 is 5.71 Å². The molecule has 0 amide bonds. The quantitative estimate of drug-likeness (QED) is 0.500. The molecule has 0 aromatic heterocycles. The third-order valence-electron chi connectivity index (χ3n) is 0.775. The monoisotopic (exact) mass is 123 g/mol. The van der Waals surface area contributed by atoms with E-state index in [0.29, 0.717) is 0 Å². The second kappa shape index (κ2) is 4.07. The minimum absolute atomic E-state index is 0.852. The van der Waals surface area contributed by atoms with Gasteiger partial charge in [-0.1, -0.05) is 12.7 Å². The zero-order valence-electron chi connectivity index (χ0n) is 6.31. The third kappa shape index (κ3) is 5.01. The molecule has 0 aromatic rings. The Hall–Kier alpha value is -0.850. The minimum Gasteiger partial charge on any atom is -0.259 e. The molecule has 0 rings (SSSR count). The molecule has 0 saturated carbocycles. The Balaban J connectivity index is 4.00. The summed E-state index contributed by atoms with van der Waals surface area (Å²) in [6.45, 7) is 9.46. The van der Waals surface area contributed by atoms with Crippen LogP contribution in [0.15, 0.2) is 29.4 Å². The maximum atomic E-state index is 4.10. The Kier molecular flexibility index (Phi) is 3.69. The molecule has 0 spiro atoms. The van der Waals surface area contributed by atoms with Crippen molar-refractivity contribution in [3.8, 4) is 0 Å². The molecule has 0 N–H and O–H groups in total. The van der Waals surface area contributed by atoms with Gasteiger partial charge in [0.05, 0.1) is 0 Å². The molecule has 0 aliphatic rings. The lowest BCUT2D eigenvalue weighted by Crippen LogP contribution is -1.82. The molecule has 1 nitrogen and oxygen atoms in total. The molecule has 50 valence electrons. The molecule has 0 heterocycles. The minimum atomic E-state index is 0.852. The molecule has 0 bridgehead atoms. The lowest BCUT2D eigenvalue weighted by Gasteiger charge is -1.88. The van der Waals surface area contributed by atoms with Crippen LogP contribution in [0, 0.1) is 0 Å².